The minimum Gasteiger partial charge on any atom is -0.493 e. The van der Waals surface area contributed by atoms with Gasteiger partial charge in [-0.25, -0.2) is 4.52 Å². The second-order valence-corrected chi connectivity index (χ2v) is 7.43. The highest BCUT2D eigenvalue weighted by Crippen LogP contribution is 2.29. The lowest BCUT2D eigenvalue weighted by Crippen LogP contribution is -2.22. The number of nitrogens with zero attached hydrogens (tertiary/aromatic N) is 5. The first-order valence-electron chi connectivity index (χ1n) is 10.1. The molecule has 0 aliphatic carbocycles. The van der Waals surface area contributed by atoms with Gasteiger partial charge in [0, 0.05) is 6.20 Å². The molecule has 0 fully saturated rings. The molecule has 0 N–H and O–H groups in total. The van der Waals surface area contributed by atoms with Gasteiger partial charge >= 0.3 is 0 Å². The van der Waals surface area contributed by atoms with E-state index < -0.39 is 0 Å². The number of fused-ring (bicyclic) bond motifs is 3. The van der Waals surface area contributed by atoms with E-state index in [9.17, 15) is 4.79 Å². The molecule has 0 bridgehead atoms. The average Bonchev–Trinajstić information content (AvgIpc) is 3.17. The summed E-state index contributed by atoms with van der Waals surface area (Å²) in [5.74, 6) is 1.25. The van der Waals surface area contributed by atoms with Crippen molar-refractivity contribution in [3.05, 3.63) is 82.4 Å². The summed E-state index contributed by atoms with van der Waals surface area (Å²) >= 11 is 0. The van der Waals surface area contributed by atoms with Crippen molar-refractivity contribution in [1.82, 2.24) is 24.4 Å². The number of aromatic nitrogens is 5. The van der Waals surface area contributed by atoms with Gasteiger partial charge in [0.05, 0.1) is 32.0 Å². The number of ether oxygens (including phenoxy) is 2. The standard InChI is InChI=1S/C24H21N5O3/c1-15-21(17-7-5-4-6-8-17)23-26-25-22-18(29(23)27-15)11-12-28(24(22)30)14-16-9-10-19(31-2)20(13-16)32-3/h4-13H,14H2,1-3H3. The molecule has 2 aromatic carbocycles. The van der Waals surface area contributed by atoms with E-state index in [-0.39, 0.29) is 11.1 Å². The predicted molar refractivity (Wildman–Crippen MR) is 121 cm³/mol. The summed E-state index contributed by atoms with van der Waals surface area (Å²) in [6.07, 6.45) is 1.75. The molecule has 8 heteroatoms. The van der Waals surface area contributed by atoms with Crippen molar-refractivity contribution in [2.75, 3.05) is 14.2 Å². The molecule has 0 radical (unpaired) electrons. The van der Waals surface area contributed by atoms with Crippen LogP contribution in [0.15, 0.2) is 65.6 Å². The molecule has 0 saturated carbocycles. The summed E-state index contributed by atoms with van der Waals surface area (Å²) < 4.78 is 13.9. The Hall–Kier alpha value is -4.20. The number of aryl methyl sites for hydroxylation is 1. The minimum atomic E-state index is -0.235. The Morgan fingerprint density at radius 2 is 1.72 bits per heavy atom. The van der Waals surface area contributed by atoms with Crippen molar-refractivity contribution >= 4 is 16.7 Å². The maximum atomic E-state index is 13.2. The Kier molecular flexibility index (Phi) is 4.82. The normalized spacial score (nSPS) is 11.2. The van der Waals surface area contributed by atoms with Crippen LogP contribution >= 0.6 is 0 Å². The van der Waals surface area contributed by atoms with E-state index in [1.54, 1.807) is 29.5 Å². The number of hydrogen-bond acceptors (Lipinski definition) is 6. The van der Waals surface area contributed by atoms with Crippen LogP contribution in [0.1, 0.15) is 11.3 Å². The average molecular weight is 427 g/mol. The van der Waals surface area contributed by atoms with Crippen LogP contribution in [0.3, 0.4) is 0 Å². The second-order valence-electron chi connectivity index (χ2n) is 7.43. The highest BCUT2D eigenvalue weighted by molar-refractivity contribution is 5.84. The molecule has 0 aliphatic rings. The quantitative estimate of drug-likeness (QED) is 0.427. The highest BCUT2D eigenvalue weighted by Gasteiger charge is 2.17. The first-order chi connectivity index (χ1) is 15.6. The van der Waals surface area contributed by atoms with Gasteiger partial charge in [-0.2, -0.15) is 5.10 Å². The van der Waals surface area contributed by atoms with Crippen molar-refractivity contribution in [2.24, 2.45) is 0 Å². The zero-order chi connectivity index (χ0) is 22.2. The lowest BCUT2D eigenvalue weighted by atomic mass is 10.1. The Bertz CT molecular complexity index is 1510. The summed E-state index contributed by atoms with van der Waals surface area (Å²) in [4.78, 5) is 13.2. The van der Waals surface area contributed by atoms with Gasteiger partial charge in [-0.1, -0.05) is 36.4 Å². The molecule has 160 valence electrons. The summed E-state index contributed by atoms with van der Waals surface area (Å²) in [7, 11) is 3.17. The second kappa shape index (κ2) is 7.81. The number of pyridine rings is 1. The Morgan fingerprint density at radius 3 is 2.47 bits per heavy atom. The molecule has 3 heterocycles. The third-order valence-corrected chi connectivity index (χ3v) is 5.49. The SMILES string of the molecule is COc1ccc(Cn2ccc3c(nnc4c(-c5ccccc5)c(C)nn43)c2=O)cc1OC. The molecular weight excluding hydrogens is 406 g/mol. The lowest BCUT2D eigenvalue weighted by molar-refractivity contribution is 0.354. The zero-order valence-electron chi connectivity index (χ0n) is 17.9. The van der Waals surface area contributed by atoms with E-state index in [4.69, 9.17) is 9.47 Å². The predicted octanol–water partition coefficient (Wildman–Crippen LogP) is 3.48. The summed E-state index contributed by atoms with van der Waals surface area (Å²) in [6.45, 7) is 2.30. The van der Waals surface area contributed by atoms with E-state index in [1.807, 2.05) is 61.5 Å². The molecule has 5 aromatic rings. The van der Waals surface area contributed by atoms with Gasteiger partial charge in [0.15, 0.2) is 22.7 Å². The topological polar surface area (TPSA) is 83.5 Å². The van der Waals surface area contributed by atoms with Crippen LogP contribution < -0.4 is 15.0 Å². The van der Waals surface area contributed by atoms with Crippen LogP contribution in [0.2, 0.25) is 0 Å². The third-order valence-electron chi connectivity index (χ3n) is 5.49. The van der Waals surface area contributed by atoms with Gasteiger partial charge in [-0.05, 0) is 36.2 Å². The summed E-state index contributed by atoms with van der Waals surface area (Å²) in [6, 6.07) is 17.4. The number of hydrogen-bond donors (Lipinski definition) is 0. The Labute approximate surface area is 183 Å². The molecule has 0 atom stereocenters. The monoisotopic (exact) mass is 427 g/mol. The Morgan fingerprint density at radius 1 is 0.938 bits per heavy atom. The van der Waals surface area contributed by atoms with Crippen LogP contribution in [0.25, 0.3) is 27.8 Å². The van der Waals surface area contributed by atoms with E-state index in [2.05, 4.69) is 15.3 Å². The zero-order valence-corrected chi connectivity index (χ0v) is 17.9. The largest absolute Gasteiger partial charge is 0.493 e. The fraction of sp³-hybridized carbons (Fsp3) is 0.167. The minimum absolute atomic E-state index is 0.235. The van der Waals surface area contributed by atoms with Gasteiger partial charge in [0.2, 0.25) is 0 Å². The van der Waals surface area contributed by atoms with Gasteiger partial charge < -0.3 is 14.0 Å². The van der Waals surface area contributed by atoms with Crippen LogP contribution in [0, 0.1) is 6.92 Å². The van der Waals surface area contributed by atoms with Crippen LogP contribution in [0.4, 0.5) is 0 Å². The van der Waals surface area contributed by atoms with Crippen molar-refractivity contribution < 1.29 is 9.47 Å². The summed E-state index contributed by atoms with van der Waals surface area (Å²) in [5.41, 5.74) is 4.92. The molecule has 0 spiro atoms. The molecule has 3 aromatic heterocycles. The smallest absolute Gasteiger partial charge is 0.280 e. The molecule has 32 heavy (non-hydrogen) atoms. The highest BCUT2D eigenvalue weighted by atomic mass is 16.5. The van der Waals surface area contributed by atoms with Crippen molar-refractivity contribution in [3.8, 4) is 22.6 Å². The molecule has 8 nitrogen and oxygen atoms in total. The van der Waals surface area contributed by atoms with E-state index in [0.717, 1.165) is 22.4 Å². The maximum absolute atomic E-state index is 13.2. The molecule has 0 saturated heterocycles. The van der Waals surface area contributed by atoms with E-state index in [1.165, 1.54) is 0 Å². The fourth-order valence-corrected chi connectivity index (χ4v) is 3.93. The van der Waals surface area contributed by atoms with Crippen molar-refractivity contribution in [3.63, 3.8) is 0 Å². The summed E-state index contributed by atoms with van der Waals surface area (Å²) in [5, 5.41) is 13.3. The number of methoxy groups -OCH3 is 2. The van der Waals surface area contributed by atoms with Crippen LogP contribution in [0.5, 0.6) is 11.5 Å². The molecular formula is C24H21N5O3. The molecule has 0 aliphatic heterocycles. The number of rotatable bonds is 5. The van der Waals surface area contributed by atoms with Crippen molar-refractivity contribution in [1.29, 1.82) is 0 Å². The van der Waals surface area contributed by atoms with Gasteiger partial charge in [-0.3, -0.25) is 4.79 Å². The van der Waals surface area contributed by atoms with Gasteiger partial charge in [0.1, 0.15) is 5.52 Å². The molecule has 5 rings (SSSR count). The molecule has 0 amide bonds. The Balaban J connectivity index is 1.61. The van der Waals surface area contributed by atoms with Crippen LogP contribution in [-0.4, -0.2) is 38.6 Å². The lowest BCUT2D eigenvalue weighted by Gasteiger charge is -2.11. The number of benzene rings is 2. The van der Waals surface area contributed by atoms with E-state index >= 15 is 0 Å². The first-order valence-corrected chi connectivity index (χ1v) is 10.1. The van der Waals surface area contributed by atoms with Crippen molar-refractivity contribution in [2.45, 2.75) is 13.5 Å². The van der Waals surface area contributed by atoms with Crippen LogP contribution in [-0.2, 0) is 6.54 Å². The van der Waals surface area contributed by atoms with Gasteiger partial charge in [0.25, 0.3) is 5.56 Å². The maximum Gasteiger partial charge on any atom is 0.280 e. The third kappa shape index (κ3) is 3.17. The molecule has 0 unspecified atom stereocenters. The first kappa shape index (κ1) is 19.7. The van der Waals surface area contributed by atoms with E-state index in [0.29, 0.717) is 29.2 Å². The van der Waals surface area contributed by atoms with Gasteiger partial charge in [-0.15, -0.1) is 10.2 Å². The fourth-order valence-electron chi connectivity index (χ4n) is 3.93.